The first-order valence-electron chi connectivity index (χ1n) is 6.01. The van der Waals surface area contributed by atoms with E-state index in [4.69, 9.17) is 0 Å². The summed E-state index contributed by atoms with van der Waals surface area (Å²) in [6.07, 6.45) is 5.55. The molecule has 1 unspecified atom stereocenters. The summed E-state index contributed by atoms with van der Waals surface area (Å²) in [6, 6.07) is 6.28. The second kappa shape index (κ2) is 5.59. The second-order valence-electron chi connectivity index (χ2n) is 3.85. The Labute approximate surface area is 102 Å². The van der Waals surface area contributed by atoms with Gasteiger partial charge in [0, 0.05) is 25.1 Å². The van der Waals surface area contributed by atoms with Gasteiger partial charge in [0.1, 0.15) is 0 Å². The third kappa shape index (κ3) is 2.53. The SMILES string of the molecule is CCNC(c1cccnc1)c1ccnn1CC. The van der Waals surface area contributed by atoms with Crippen molar-refractivity contribution in [2.45, 2.75) is 26.4 Å². The van der Waals surface area contributed by atoms with E-state index < -0.39 is 0 Å². The quantitative estimate of drug-likeness (QED) is 0.854. The molecule has 0 bridgehead atoms. The Morgan fingerprint density at radius 2 is 2.18 bits per heavy atom. The maximum absolute atomic E-state index is 4.32. The number of pyridine rings is 1. The van der Waals surface area contributed by atoms with Gasteiger partial charge < -0.3 is 5.32 Å². The summed E-state index contributed by atoms with van der Waals surface area (Å²) in [5.74, 6) is 0. The summed E-state index contributed by atoms with van der Waals surface area (Å²) < 4.78 is 2.01. The number of aromatic nitrogens is 3. The Bertz CT molecular complexity index is 449. The topological polar surface area (TPSA) is 42.7 Å². The minimum Gasteiger partial charge on any atom is -0.305 e. The summed E-state index contributed by atoms with van der Waals surface area (Å²) in [5.41, 5.74) is 2.35. The molecule has 0 spiro atoms. The smallest absolute Gasteiger partial charge is 0.0763 e. The number of aryl methyl sites for hydroxylation is 1. The van der Waals surface area contributed by atoms with Gasteiger partial charge >= 0.3 is 0 Å². The molecule has 90 valence electrons. The van der Waals surface area contributed by atoms with Crippen molar-refractivity contribution in [1.82, 2.24) is 20.1 Å². The predicted octanol–water partition coefficient (Wildman–Crippen LogP) is 2.00. The Kier molecular flexibility index (Phi) is 3.88. The van der Waals surface area contributed by atoms with Crippen LogP contribution in [-0.2, 0) is 6.54 Å². The molecule has 0 saturated carbocycles. The third-order valence-corrected chi connectivity index (χ3v) is 2.77. The Hall–Kier alpha value is -1.68. The zero-order valence-corrected chi connectivity index (χ0v) is 10.3. The first-order chi connectivity index (χ1) is 8.36. The van der Waals surface area contributed by atoms with E-state index in [0.29, 0.717) is 0 Å². The van der Waals surface area contributed by atoms with Crippen LogP contribution in [0.4, 0.5) is 0 Å². The van der Waals surface area contributed by atoms with E-state index in [0.717, 1.165) is 13.1 Å². The monoisotopic (exact) mass is 230 g/mol. The molecule has 0 saturated heterocycles. The van der Waals surface area contributed by atoms with Crippen LogP contribution in [0.1, 0.15) is 31.1 Å². The molecule has 2 aromatic heterocycles. The van der Waals surface area contributed by atoms with E-state index in [2.05, 4.69) is 41.4 Å². The second-order valence-corrected chi connectivity index (χ2v) is 3.85. The molecule has 1 N–H and O–H groups in total. The highest BCUT2D eigenvalue weighted by atomic mass is 15.3. The van der Waals surface area contributed by atoms with E-state index in [1.165, 1.54) is 11.3 Å². The van der Waals surface area contributed by atoms with Crippen LogP contribution in [0.15, 0.2) is 36.8 Å². The molecule has 0 fully saturated rings. The van der Waals surface area contributed by atoms with Gasteiger partial charge in [0.25, 0.3) is 0 Å². The van der Waals surface area contributed by atoms with Gasteiger partial charge in [0.15, 0.2) is 0 Å². The fourth-order valence-electron chi connectivity index (χ4n) is 2.00. The van der Waals surface area contributed by atoms with Gasteiger partial charge in [0.05, 0.1) is 11.7 Å². The molecule has 2 heterocycles. The van der Waals surface area contributed by atoms with Gasteiger partial charge in [-0.15, -0.1) is 0 Å². The Morgan fingerprint density at radius 3 is 2.82 bits per heavy atom. The van der Waals surface area contributed by atoms with Gasteiger partial charge in [-0.1, -0.05) is 13.0 Å². The van der Waals surface area contributed by atoms with Gasteiger partial charge in [-0.25, -0.2) is 0 Å². The predicted molar refractivity (Wildman–Crippen MR) is 67.7 cm³/mol. The van der Waals surface area contributed by atoms with Crippen LogP contribution < -0.4 is 5.32 Å². The van der Waals surface area contributed by atoms with Crippen LogP contribution in [0.2, 0.25) is 0 Å². The Balaban J connectivity index is 2.36. The van der Waals surface area contributed by atoms with Crippen molar-refractivity contribution < 1.29 is 0 Å². The standard InChI is InChI=1S/C13H18N4/c1-3-15-13(11-6-5-8-14-10-11)12-7-9-16-17(12)4-2/h5-10,13,15H,3-4H2,1-2H3. The van der Waals surface area contributed by atoms with Crippen molar-refractivity contribution in [3.05, 3.63) is 48.0 Å². The van der Waals surface area contributed by atoms with Crippen LogP contribution >= 0.6 is 0 Å². The molecule has 17 heavy (non-hydrogen) atoms. The first kappa shape index (κ1) is 11.8. The Morgan fingerprint density at radius 1 is 1.29 bits per heavy atom. The molecule has 4 heteroatoms. The normalized spacial score (nSPS) is 12.6. The largest absolute Gasteiger partial charge is 0.305 e. The van der Waals surface area contributed by atoms with Crippen molar-refractivity contribution in [2.75, 3.05) is 6.54 Å². The van der Waals surface area contributed by atoms with Gasteiger partial charge in [-0.2, -0.15) is 5.10 Å². The minimum atomic E-state index is 0.163. The zero-order chi connectivity index (χ0) is 12.1. The fourth-order valence-corrected chi connectivity index (χ4v) is 2.00. The number of nitrogens with one attached hydrogen (secondary N) is 1. The van der Waals surface area contributed by atoms with Crippen molar-refractivity contribution in [3.63, 3.8) is 0 Å². The van der Waals surface area contributed by atoms with Gasteiger partial charge in [0.2, 0.25) is 0 Å². The van der Waals surface area contributed by atoms with Crippen LogP contribution in [0.5, 0.6) is 0 Å². The molecule has 0 radical (unpaired) electrons. The van der Waals surface area contributed by atoms with Crippen LogP contribution in [0.25, 0.3) is 0 Å². The van der Waals surface area contributed by atoms with Gasteiger partial charge in [-0.05, 0) is 31.2 Å². The highest BCUT2D eigenvalue weighted by Crippen LogP contribution is 2.20. The number of nitrogens with zero attached hydrogens (tertiary/aromatic N) is 3. The van der Waals surface area contributed by atoms with E-state index in [1.807, 2.05) is 23.1 Å². The number of rotatable bonds is 5. The summed E-state index contributed by atoms with van der Waals surface area (Å²) in [5, 5.41) is 7.79. The van der Waals surface area contributed by atoms with Crippen molar-refractivity contribution in [2.24, 2.45) is 0 Å². The van der Waals surface area contributed by atoms with Crippen molar-refractivity contribution >= 4 is 0 Å². The summed E-state index contributed by atoms with van der Waals surface area (Å²) in [6.45, 7) is 6.00. The highest BCUT2D eigenvalue weighted by Gasteiger charge is 2.16. The maximum Gasteiger partial charge on any atom is 0.0763 e. The molecule has 0 aliphatic carbocycles. The van der Waals surface area contributed by atoms with Crippen molar-refractivity contribution in [3.8, 4) is 0 Å². The molecule has 4 nitrogen and oxygen atoms in total. The molecule has 0 amide bonds. The van der Waals surface area contributed by atoms with Gasteiger partial charge in [-0.3, -0.25) is 9.67 Å². The lowest BCUT2D eigenvalue weighted by Crippen LogP contribution is -2.24. The molecule has 0 aliphatic heterocycles. The van der Waals surface area contributed by atoms with Crippen molar-refractivity contribution in [1.29, 1.82) is 0 Å². The number of hydrogen-bond acceptors (Lipinski definition) is 3. The minimum absolute atomic E-state index is 0.163. The molecular formula is C13H18N4. The molecular weight excluding hydrogens is 212 g/mol. The lowest BCUT2D eigenvalue weighted by Gasteiger charge is -2.19. The zero-order valence-electron chi connectivity index (χ0n) is 10.3. The summed E-state index contributed by atoms with van der Waals surface area (Å²) in [4.78, 5) is 4.18. The maximum atomic E-state index is 4.32. The van der Waals surface area contributed by atoms with E-state index in [9.17, 15) is 0 Å². The first-order valence-corrected chi connectivity index (χ1v) is 6.01. The van der Waals surface area contributed by atoms with Crippen LogP contribution in [-0.4, -0.2) is 21.3 Å². The molecule has 2 rings (SSSR count). The van der Waals surface area contributed by atoms with E-state index in [-0.39, 0.29) is 6.04 Å². The molecule has 0 aromatic carbocycles. The molecule has 2 aromatic rings. The van der Waals surface area contributed by atoms with E-state index >= 15 is 0 Å². The summed E-state index contributed by atoms with van der Waals surface area (Å²) in [7, 11) is 0. The average molecular weight is 230 g/mol. The van der Waals surface area contributed by atoms with Crippen LogP contribution in [0.3, 0.4) is 0 Å². The fraction of sp³-hybridized carbons (Fsp3) is 0.385. The lowest BCUT2D eigenvalue weighted by molar-refractivity contribution is 0.541. The third-order valence-electron chi connectivity index (χ3n) is 2.77. The molecule has 0 aliphatic rings. The van der Waals surface area contributed by atoms with Crippen LogP contribution in [0, 0.1) is 0 Å². The van der Waals surface area contributed by atoms with E-state index in [1.54, 1.807) is 6.20 Å². The highest BCUT2D eigenvalue weighted by molar-refractivity contribution is 5.24. The number of hydrogen-bond donors (Lipinski definition) is 1. The molecule has 1 atom stereocenters. The lowest BCUT2D eigenvalue weighted by atomic mass is 10.1. The average Bonchev–Trinajstić information content (AvgIpc) is 2.85. The summed E-state index contributed by atoms with van der Waals surface area (Å²) >= 11 is 0.